The molecule has 0 saturated carbocycles. The number of nitrogens with two attached hydrogens (primary N) is 1. The normalized spacial score (nSPS) is 20.3. The summed E-state index contributed by atoms with van der Waals surface area (Å²) in [5, 5.41) is 0. The summed E-state index contributed by atoms with van der Waals surface area (Å²) in [5.74, 6) is 0.622. The second-order valence-corrected chi connectivity index (χ2v) is 4.20. The number of ketones is 1. The average molecular weight is 189 g/mol. The van der Waals surface area contributed by atoms with E-state index in [9.17, 15) is 4.79 Å². The highest BCUT2D eigenvalue weighted by molar-refractivity contribution is 6.01. The number of Topliss-reactive ketones (excluding diaryl/α,β-unsaturated/α-hetero) is 1. The quantitative estimate of drug-likeness (QED) is 0.737. The van der Waals surface area contributed by atoms with Gasteiger partial charge in [-0.2, -0.15) is 0 Å². The number of carbonyl (C=O) groups is 1. The lowest BCUT2D eigenvalue weighted by atomic mass is 9.93. The van der Waals surface area contributed by atoms with E-state index in [4.69, 9.17) is 5.73 Å². The van der Waals surface area contributed by atoms with Gasteiger partial charge in [-0.25, -0.2) is 0 Å². The van der Waals surface area contributed by atoms with Crippen molar-refractivity contribution in [3.05, 3.63) is 34.9 Å². The third-order valence-electron chi connectivity index (χ3n) is 2.84. The maximum absolute atomic E-state index is 11.6. The van der Waals surface area contributed by atoms with Crippen LogP contribution in [-0.2, 0) is 0 Å². The second kappa shape index (κ2) is 3.21. The Balaban J connectivity index is 2.62. The topological polar surface area (TPSA) is 43.1 Å². The number of hydrogen-bond donors (Lipinski definition) is 1. The highest BCUT2D eigenvalue weighted by atomic mass is 16.1. The Morgan fingerprint density at radius 2 is 2.14 bits per heavy atom. The summed E-state index contributed by atoms with van der Waals surface area (Å²) in [7, 11) is 0. The molecular weight excluding hydrogens is 174 g/mol. The first-order valence-corrected chi connectivity index (χ1v) is 5.03. The van der Waals surface area contributed by atoms with Crippen molar-refractivity contribution in [1.82, 2.24) is 0 Å². The van der Waals surface area contributed by atoms with E-state index in [1.54, 1.807) is 0 Å². The largest absolute Gasteiger partial charge is 0.324 e. The molecule has 1 unspecified atom stereocenters. The molecule has 0 fully saturated rings. The lowest BCUT2D eigenvalue weighted by molar-refractivity contribution is 0.0989. The van der Waals surface area contributed by atoms with Crippen LogP contribution >= 0.6 is 0 Å². The van der Waals surface area contributed by atoms with E-state index in [1.165, 1.54) is 5.56 Å². The summed E-state index contributed by atoms with van der Waals surface area (Å²) in [5.41, 5.74) is 9.09. The highest BCUT2D eigenvalue weighted by Gasteiger charge is 2.29. The van der Waals surface area contributed by atoms with Crippen LogP contribution in [0, 0.1) is 0 Å². The lowest BCUT2D eigenvalue weighted by Gasteiger charge is -2.13. The van der Waals surface area contributed by atoms with Gasteiger partial charge in [-0.3, -0.25) is 4.79 Å². The molecule has 2 heteroatoms. The molecule has 1 atom stereocenters. The summed E-state index contributed by atoms with van der Waals surface area (Å²) >= 11 is 0. The van der Waals surface area contributed by atoms with Crippen molar-refractivity contribution in [3.63, 3.8) is 0 Å². The van der Waals surface area contributed by atoms with Crippen molar-refractivity contribution in [1.29, 1.82) is 0 Å². The maximum Gasteiger partial charge on any atom is 0.165 e. The third kappa shape index (κ3) is 1.26. The zero-order chi connectivity index (χ0) is 10.3. The fourth-order valence-corrected chi connectivity index (χ4v) is 2.16. The standard InChI is InChI=1S/C12H15NO/c1-7(2)8-4-3-5-9-11(14)6-10(13)12(8)9/h3-5,7,10H,6,13H2,1-2H3. The zero-order valence-electron chi connectivity index (χ0n) is 8.58. The van der Waals surface area contributed by atoms with Gasteiger partial charge in [0, 0.05) is 18.0 Å². The SMILES string of the molecule is CC(C)c1cccc2c1C(N)CC2=O. The van der Waals surface area contributed by atoms with Gasteiger partial charge in [0.25, 0.3) is 0 Å². The summed E-state index contributed by atoms with van der Waals surface area (Å²) in [4.78, 5) is 11.6. The van der Waals surface area contributed by atoms with Gasteiger partial charge in [0.2, 0.25) is 0 Å². The van der Waals surface area contributed by atoms with Crippen molar-refractivity contribution in [2.45, 2.75) is 32.2 Å². The van der Waals surface area contributed by atoms with Crippen LogP contribution in [0.5, 0.6) is 0 Å². The van der Waals surface area contributed by atoms with Crippen LogP contribution in [0.1, 0.15) is 53.7 Å². The molecule has 74 valence electrons. The molecule has 0 radical (unpaired) electrons. The van der Waals surface area contributed by atoms with Gasteiger partial charge < -0.3 is 5.73 Å². The van der Waals surface area contributed by atoms with Crippen molar-refractivity contribution >= 4 is 5.78 Å². The van der Waals surface area contributed by atoms with Gasteiger partial charge >= 0.3 is 0 Å². The van der Waals surface area contributed by atoms with Crippen LogP contribution in [0.25, 0.3) is 0 Å². The highest BCUT2D eigenvalue weighted by Crippen LogP contribution is 2.35. The molecule has 0 bridgehead atoms. The molecule has 0 saturated heterocycles. The molecule has 1 aliphatic rings. The second-order valence-electron chi connectivity index (χ2n) is 4.20. The van der Waals surface area contributed by atoms with Crippen LogP contribution < -0.4 is 5.73 Å². The molecule has 14 heavy (non-hydrogen) atoms. The Hall–Kier alpha value is -1.15. The Kier molecular flexibility index (Phi) is 2.16. The monoisotopic (exact) mass is 189 g/mol. The Morgan fingerprint density at radius 1 is 1.43 bits per heavy atom. The van der Waals surface area contributed by atoms with E-state index < -0.39 is 0 Å². The summed E-state index contributed by atoms with van der Waals surface area (Å²) in [6.45, 7) is 4.26. The lowest BCUT2D eigenvalue weighted by Crippen LogP contribution is -2.09. The molecular formula is C12H15NO. The van der Waals surface area contributed by atoms with Gasteiger partial charge in [-0.05, 0) is 17.0 Å². The molecule has 0 aromatic heterocycles. The van der Waals surface area contributed by atoms with E-state index in [-0.39, 0.29) is 11.8 Å². The minimum absolute atomic E-state index is 0.0869. The van der Waals surface area contributed by atoms with Gasteiger partial charge in [0.15, 0.2) is 5.78 Å². The zero-order valence-corrected chi connectivity index (χ0v) is 8.58. The molecule has 2 rings (SSSR count). The Morgan fingerprint density at radius 3 is 2.79 bits per heavy atom. The summed E-state index contributed by atoms with van der Waals surface area (Å²) in [6.07, 6.45) is 0.471. The van der Waals surface area contributed by atoms with E-state index >= 15 is 0 Å². The molecule has 0 heterocycles. The van der Waals surface area contributed by atoms with Gasteiger partial charge in [0.05, 0.1) is 0 Å². The first kappa shape index (κ1) is 9.41. The predicted octanol–water partition coefficient (Wildman–Crippen LogP) is 2.40. The van der Waals surface area contributed by atoms with Gasteiger partial charge in [-0.15, -0.1) is 0 Å². The first-order chi connectivity index (χ1) is 6.61. The van der Waals surface area contributed by atoms with E-state index in [2.05, 4.69) is 19.9 Å². The Bertz CT molecular complexity index is 382. The predicted molar refractivity (Wildman–Crippen MR) is 56.4 cm³/mol. The molecule has 0 amide bonds. The fraction of sp³-hybridized carbons (Fsp3) is 0.417. The van der Waals surface area contributed by atoms with Crippen molar-refractivity contribution < 1.29 is 4.79 Å². The molecule has 2 N–H and O–H groups in total. The third-order valence-corrected chi connectivity index (χ3v) is 2.84. The minimum atomic E-state index is -0.0869. The molecule has 1 aromatic rings. The molecule has 2 nitrogen and oxygen atoms in total. The van der Waals surface area contributed by atoms with Crippen molar-refractivity contribution in [2.75, 3.05) is 0 Å². The van der Waals surface area contributed by atoms with Crippen LogP contribution in [0.15, 0.2) is 18.2 Å². The van der Waals surface area contributed by atoms with Gasteiger partial charge in [0.1, 0.15) is 0 Å². The molecule has 1 aromatic carbocycles. The summed E-state index contributed by atoms with van der Waals surface area (Å²) in [6, 6.07) is 5.82. The Labute approximate surface area is 84.1 Å². The molecule has 0 aliphatic heterocycles. The van der Waals surface area contributed by atoms with Crippen LogP contribution in [0.4, 0.5) is 0 Å². The van der Waals surface area contributed by atoms with Crippen LogP contribution in [-0.4, -0.2) is 5.78 Å². The number of hydrogen-bond acceptors (Lipinski definition) is 2. The van der Waals surface area contributed by atoms with E-state index in [1.807, 2.05) is 12.1 Å². The number of rotatable bonds is 1. The molecule has 1 aliphatic carbocycles. The molecule has 0 spiro atoms. The number of carbonyl (C=O) groups excluding carboxylic acids is 1. The smallest absolute Gasteiger partial charge is 0.165 e. The van der Waals surface area contributed by atoms with E-state index in [0.29, 0.717) is 12.3 Å². The van der Waals surface area contributed by atoms with Gasteiger partial charge in [-0.1, -0.05) is 32.0 Å². The first-order valence-electron chi connectivity index (χ1n) is 5.03. The van der Waals surface area contributed by atoms with E-state index in [0.717, 1.165) is 11.1 Å². The minimum Gasteiger partial charge on any atom is -0.324 e. The summed E-state index contributed by atoms with van der Waals surface area (Å²) < 4.78 is 0. The number of fused-ring (bicyclic) bond motifs is 1. The van der Waals surface area contributed by atoms with Crippen LogP contribution in [0.3, 0.4) is 0 Å². The average Bonchev–Trinajstić information content (AvgIpc) is 2.43. The van der Waals surface area contributed by atoms with Crippen molar-refractivity contribution in [3.8, 4) is 0 Å². The van der Waals surface area contributed by atoms with Crippen molar-refractivity contribution in [2.24, 2.45) is 5.73 Å². The number of benzene rings is 1. The van der Waals surface area contributed by atoms with Crippen LogP contribution in [0.2, 0.25) is 0 Å². The fourth-order valence-electron chi connectivity index (χ4n) is 2.16. The maximum atomic E-state index is 11.6.